The van der Waals surface area contributed by atoms with Crippen LogP contribution in [0.2, 0.25) is 5.02 Å². The Balaban J connectivity index is 1.28. The Morgan fingerprint density at radius 1 is 1.11 bits per heavy atom. The molecule has 8 heteroatoms. The van der Waals surface area contributed by atoms with Crippen LogP contribution < -0.4 is 4.74 Å². The lowest BCUT2D eigenvalue weighted by Gasteiger charge is -2.44. The van der Waals surface area contributed by atoms with Crippen LogP contribution in [0.5, 0.6) is 5.75 Å². The number of rotatable bonds is 9. The Morgan fingerprint density at radius 2 is 1.86 bits per heavy atom. The molecule has 1 aliphatic heterocycles. The second-order valence-corrected chi connectivity index (χ2v) is 10.6. The van der Waals surface area contributed by atoms with Crippen LogP contribution >= 0.6 is 11.6 Å². The van der Waals surface area contributed by atoms with E-state index in [1.807, 2.05) is 25.1 Å². The molecule has 0 radical (unpaired) electrons. The molecule has 2 aromatic carbocycles. The third-order valence-corrected chi connectivity index (χ3v) is 8.05. The Kier molecular flexibility index (Phi) is 7.04. The zero-order valence-corrected chi connectivity index (χ0v) is 21.2. The molecule has 0 aromatic heterocycles. The van der Waals surface area contributed by atoms with E-state index in [9.17, 15) is 19.5 Å². The lowest BCUT2D eigenvalue weighted by molar-refractivity contribution is -0.148. The molecule has 0 spiro atoms. The Hall–Kier alpha value is -2.90. The number of carbonyl (C=O) groups excluding carboxylic acids is 2. The van der Waals surface area contributed by atoms with Crippen LogP contribution in [-0.2, 0) is 27.3 Å². The number of carbonyl (C=O) groups is 3. The summed E-state index contributed by atoms with van der Waals surface area (Å²) < 4.78 is 5.90. The standard InChI is InChI=1S/C28H31ClN2O5/c1-17-12-18(2-7-25(17)36-11-10-30-26(32)8-9-27(30)33)16-31(22-14-20(15-22)28(34)35)24-6-3-19-13-21(29)4-5-23(19)24/h2,4-5,7,12-13,20,22,24H,3,6,8-11,14-16H2,1H3,(H,34,35)/t20-,22+,24?. The van der Waals surface area contributed by atoms with Gasteiger partial charge in [-0.15, -0.1) is 0 Å². The van der Waals surface area contributed by atoms with Crippen LogP contribution in [0.25, 0.3) is 0 Å². The van der Waals surface area contributed by atoms with E-state index < -0.39 is 5.97 Å². The molecule has 1 unspecified atom stereocenters. The van der Waals surface area contributed by atoms with Gasteiger partial charge in [0.2, 0.25) is 11.8 Å². The Labute approximate surface area is 216 Å². The van der Waals surface area contributed by atoms with Gasteiger partial charge in [0.05, 0.1) is 12.5 Å². The minimum absolute atomic E-state index is 0.132. The predicted octanol–water partition coefficient (Wildman–Crippen LogP) is 4.53. The summed E-state index contributed by atoms with van der Waals surface area (Å²) in [5.74, 6) is -0.505. The molecular weight excluding hydrogens is 480 g/mol. The number of halogens is 1. The van der Waals surface area contributed by atoms with Crippen molar-refractivity contribution in [2.45, 2.75) is 64.1 Å². The summed E-state index contributed by atoms with van der Waals surface area (Å²) in [7, 11) is 0. The van der Waals surface area contributed by atoms with Crippen LogP contribution in [0.3, 0.4) is 0 Å². The second-order valence-electron chi connectivity index (χ2n) is 10.1. The maximum Gasteiger partial charge on any atom is 0.306 e. The highest BCUT2D eigenvalue weighted by molar-refractivity contribution is 6.30. The van der Waals surface area contributed by atoms with E-state index in [1.165, 1.54) is 16.0 Å². The van der Waals surface area contributed by atoms with Crippen molar-refractivity contribution in [1.29, 1.82) is 0 Å². The fourth-order valence-corrected chi connectivity index (χ4v) is 5.96. The van der Waals surface area contributed by atoms with Gasteiger partial charge in [-0.2, -0.15) is 0 Å². The number of aryl methyl sites for hydroxylation is 2. The minimum atomic E-state index is -0.709. The lowest BCUT2D eigenvalue weighted by Crippen LogP contribution is -2.47. The first kappa shape index (κ1) is 24.8. The van der Waals surface area contributed by atoms with Crippen molar-refractivity contribution in [2.24, 2.45) is 5.92 Å². The normalized spacial score (nSPS) is 23.2. The van der Waals surface area contributed by atoms with E-state index >= 15 is 0 Å². The largest absolute Gasteiger partial charge is 0.491 e. The molecule has 1 saturated heterocycles. The van der Waals surface area contributed by atoms with Crippen molar-refractivity contribution in [3.8, 4) is 5.75 Å². The highest BCUT2D eigenvalue weighted by Gasteiger charge is 2.42. The predicted molar refractivity (Wildman–Crippen MR) is 135 cm³/mol. The third-order valence-electron chi connectivity index (χ3n) is 7.81. The Bertz CT molecular complexity index is 1180. The van der Waals surface area contributed by atoms with Gasteiger partial charge in [-0.05, 0) is 73.1 Å². The number of imide groups is 1. The van der Waals surface area contributed by atoms with Crippen molar-refractivity contribution in [3.05, 3.63) is 63.7 Å². The van der Waals surface area contributed by atoms with Crippen LogP contribution in [0.15, 0.2) is 36.4 Å². The average molecular weight is 511 g/mol. The van der Waals surface area contributed by atoms with E-state index in [0.717, 1.165) is 41.3 Å². The Morgan fingerprint density at radius 3 is 2.56 bits per heavy atom. The van der Waals surface area contributed by atoms with Crippen molar-refractivity contribution in [3.63, 3.8) is 0 Å². The number of benzene rings is 2. The van der Waals surface area contributed by atoms with E-state index in [-0.39, 0.29) is 55.8 Å². The lowest BCUT2D eigenvalue weighted by atomic mass is 9.78. The van der Waals surface area contributed by atoms with Gasteiger partial charge in [-0.3, -0.25) is 24.2 Å². The molecule has 7 nitrogen and oxygen atoms in total. The van der Waals surface area contributed by atoms with Crippen LogP contribution in [-0.4, -0.2) is 51.9 Å². The molecule has 1 heterocycles. The van der Waals surface area contributed by atoms with Crippen molar-refractivity contribution >= 4 is 29.4 Å². The van der Waals surface area contributed by atoms with Gasteiger partial charge < -0.3 is 9.84 Å². The third kappa shape index (κ3) is 5.00. The number of ether oxygens (including phenoxy) is 1. The van der Waals surface area contributed by atoms with Gasteiger partial charge in [-0.25, -0.2) is 0 Å². The molecule has 2 aromatic rings. The summed E-state index contributed by atoms with van der Waals surface area (Å²) in [5, 5.41) is 10.2. The quantitative estimate of drug-likeness (QED) is 0.499. The smallest absolute Gasteiger partial charge is 0.306 e. The molecule has 1 saturated carbocycles. The molecule has 1 N–H and O–H groups in total. The summed E-state index contributed by atoms with van der Waals surface area (Å²) in [4.78, 5) is 38.8. The summed E-state index contributed by atoms with van der Waals surface area (Å²) in [5.41, 5.74) is 4.70. The molecule has 2 amide bonds. The van der Waals surface area contributed by atoms with Crippen LogP contribution in [0.4, 0.5) is 0 Å². The average Bonchev–Trinajstić information content (AvgIpc) is 3.36. The molecule has 0 bridgehead atoms. The maximum atomic E-state index is 11.8. The highest BCUT2D eigenvalue weighted by atomic mass is 35.5. The van der Waals surface area contributed by atoms with Crippen LogP contribution in [0.1, 0.15) is 60.4 Å². The summed E-state index contributed by atoms with van der Waals surface area (Å²) in [6.07, 6.45) is 3.88. The SMILES string of the molecule is Cc1cc(CN(C2CCc3cc(Cl)ccc32)[C@H]2C[C@@H](C(=O)O)C2)ccc1OCCN1C(=O)CCC1=O. The van der Waals surface area contributed by atoms with E-state index in [1.54, 1.807) is 0 Å². The maximum absolute atomic E-state index is 11.8. The van der Waals surface area contributed by atoms with Crippen LogP contribution in [0, 0.1) is 12.8 Å². The second kappa shape index (κ2) is 10.2. The molecule has 2 fully saturated rings. The number of hydrogen-bond donors (Lipinski definition) is 1. The van der Waals surface area contributed by atoms with E-state index in [2.05, 4.69) is 23.1 Å². The summed E-state index contributed by atoms with van der Waals surface area (Å²) in [6, 6.07) is 12.7. The van der Waals surface area contributed by atoms with Crippen molar-refractivity contribution < 1.29 is 24.2 Å². The molecular formula is C28H31ClN2O5. The number of fused-ring (bicyclic) bond motifs is 1. The van der Waals surface area contributed by atoms with Gasteiger partial charge in [0.15, 0.2) is 0 Å². The number of carboxylic acids is 1. The van der Waals surface area contributed by atoms with E-state index in [4.69, 9.17) is 16.3 Å². The minimum Gasteiger partial charge on any atom is -0.491 e. The highest BCUT2D eigenvalue weighted by Crippen LogP contribution is 2.44. The number of aliphatic carboxylic acids is 1. The van der Waals surface area contributed by atoms with E-state index in [0.29, 0.717) is 12.8 Å². The van der Waals surface area contributed by atoms with Gasteiger partial charge in [0.1, 0.15) is 12.4 Å². The van der Waals surface area contributed by atoms with Gasteiger partial charge in [0.25, 0.3) is 0 Å². The molecule has 36 heavy (non-hydrogen) atoms. The monoisotopic (exact) mass is 510 g/mol. The zero-order chi connectivity index (χ0) is 25.4. The topological polar surface area (TPSA) is 87.2 Å². The first-order chi connectivity index (χ1) is 17.3. The van der Waals surface area contributed by atoms with Gasteiger partial charge >= 0.3 is 5.97 Å². The summed E-state index contributed by atoms with van der Waals surface area (Å²) in [6.45, 7) is 3.25. The molecule has 5 rings (SSSR count). The van der Waals surface area contributed by atoms with Gasteiger partial charge in [-0.1, -0.05) is 29.8 Å². The summed E-state index contributed by atoms with van der Waals surface area (Å²) >= 11 is 6.23. The van der Waals surface area contributed by atoms with Gasteiger partial charge in [0, 0.05) is 36.5 Å². The first-order valence-corrected chi connectivity index (χ1v) is 13.0. The number of hydrogen-bond acceptors (Lipinski definition) is 5. The molecule has 3 aliphatic rings. The zero-order valence-electron chi connectivity index (χ0n) is 20.4. The number of likely N-dealkylation sites (tertiary alicyclic amines) is 1. The van der Waals surface area contributed by atoms with Crippen molar-refractivity contribution in [2.75, 3.05) is 13.2 Å². The number of amides is 2. The molecule has 190 valence electrons. The molecule has 1 atom stereocenters. The van der Waals surface area contributed by atoms with Crippen molar-refractivity contribution in [1.82, 2.24) is 9.80 Å². The molecule has 2 aliphatic carbocycles. The number of carboxylic acid groups (broad SMARTS) is 1. The first-order valence-electron chi connectivity index (χ1n) is 12.6. The fourth-order valence-electron chi connectivity index (χ4n) is 5.76. The number of nitrogens with zero attached hydrogens (tertiary/aromatic N) is 2. The fraction of sp³-hybridized carbons (Fsp3) is 0.464.